The molecule has 1 unspecified atom stereocenters. The molecule has 2 heterocycles. The lowest BCUT2D eigenvalue weighted by atomic mass is 10.0. The van der Waals surface area contributed by atoms with Crippen molar-refractivity contribution >= 4 is 39.6 Å². The van der Waals surface area contributed by atoms with Gasteiger partial charge >= 0.3 is 0 Å². The van der Waals surface area contributed by atoms with Crippen molar-refractivity contribution in [2.45, 2.75) is 45.9 Å². The third-order valence-corrected chi connectivity index (χ3v) is 6.70. The summed E-state index contributed by atoms with van der Waals surface area (Å²) in [5, 5.41) is 1.15. The molecule has 0 amide bonds. The predicted octanol–water partition coefficient (Wildman–Crippen LogP) is 4.66. The number of fused-ring (bicyclic) bond motifs is 4. The van der Waals surface area contributed by atoms with Crippen LogP contribution in [0.15, 0.2) is 39.5 Å². The van der Waals surface area contributed by atoms with Crippen molar-refractivity contribution in [1.29, 1.82) is 0 Å². The Labute approximate surface area is 177 Å². The molecule has 1 aliphatic rings. The number of aryl methyl sites for hydroxylation is 1. The van der Waals surface area contributed by atoms with Crippen LogP contribution in [0.4, 0.5) is 0 Å². The van der Waals surface area contributed by atoms with Gasteiger partial charge in [0.15, 0.2) is 0 Å². The standard InChI is InChI=1S/C22H22ClN3O2S/c1-12-8-16(13(2)25-29(28)22(3,4)5)19-18(9-12)21(27)26-11-14-6-7-15(23)10-17(14)20(26)24-19/h6-10H,11H2,1-5H3. The number of benzene rings is 2. The lowest BCUT2D eigenvalue weighted by Gasteiger charge is -2.19. The van der Waals surface area contributed by atoms with Crippen molar-refractivity contribution in [1.82, 2.24) is 9.55 Å². The van der Waals surface area contributed by atoms with Gasteiger partial charge in [-0.25, -0.2) is 4.98 Å². The van der Waals surface area contributed by atoms with E-state index in [1.54, 1.807) is 4.57 Å². The summed E-state index contributed by atoms with van der Waals surface area (Å²) in [6.07, 6.45) is 0. The van der Waals surface area contributed by atoms with Crippen LogP contribution in [0.5, 0.6) is 0 Å². The topological polar surface area (TPSA) is 70.3 Å². The first kappa shape index (κ1) is 20.1. The van der Waals surface area contributed by atoms with Gasteiger partial charge in [-0.1, -0.05) is 22.1 Å². The van der Waals surface area contributed by atoms with E-state index in [4.69, 9.17) is 16.6 Å². The highest BCUT2D eigenvalue weighted by Crippen LogP contribution is 2.33. The zero-order chi connectivity index (χ0) is 21.1. The van der Waals surface area contributed by atoms with Gasteiger partial charge in [0.2, 0.25) is 0 Å². The zero-order valence-corrected chi connectivity index (χ0v) is 18.6. The molecule has 1 atom stereocenters. The van der Waals surface area contributed by atoms with Crippen LogP contribution in [-0.2, 0) is 17.9 Å². The predicted molar refractivity (Wildman–Crippen MR) is 120 cm³/mol. The molecule has 4 rings (SSSR count). The number of halogens is 1. The van der Waals surface area contributed by atoms with Crippen LogP contribution in [0.1, 0.15) is 44.4 Å². The maximum atomic E-state index is 13.3. The van der Waals surface area contributed by atoms with E-state index in [0.29, 0.717) is 34.0 Å². The van der Waals surface area contributed by atoms with Gasteiger partial charge in [-0.05, 0) is 70.0 Å². The lowest BCUT2D eigenvalue weighted by Crippen LogP contribution is -2.27. The van der Waals surface area contributed by atoms with Gasteiger partial charge in [-0.3, -0.25) is 9.36 Å². The number of rotatable bonds is 2. The third-order valence-electron chi connectivity index (χ3n) is 4.98. The highest BCUT2D eigenvalue weighted by molar-refractivity contribution is 7.91. The van der Waals surface area contributed by atoms with Gasteiger partial charge in [0.05, 0.1) is 23.2 Å². The molecule has 0 saturated heterocycles. The van der Waals surface area contributed by atoms with Gasteiger partial charge < -0.3 is 4.55 Å². The Bertz CT molecular complexity index is 1240. The van der Waals surface area contributed by atoms with Crippen LogP contribution in [0.25, 0.3) is 22.3 Å². The first-order chi connectivity index (χ1) is 13.6. The highest BCUT2D eigenvalue weighted by Gasteiger charge is 2.28. The molecule has 7 heteroatoms. The minimum atomic E-state index is -1.40. The molecule has 0 fully saturated rings. The Kier molecular flexibility index (Phi) is 4.84. The van der Waals surface area contributed by atoms with Gasteiger partial charge in [-0.15, -0.1) is 0 Å². The van der Waals surface area contributed by atoms with E-state index in [2.05, 4.69) is 4.40 Å². The van der Waals surface area contributed by atoms with Crippen LogP contribution < -0.4 is 5.56 Å². The average Bonchev–Trinajstić information content (AvgIpc) is 2.99. The Morgan fingerprint density at radius 1 is 1.28 bits per heavy atom. The second-order valence-corrected chi connectivity index (χ2v) is 10.7. The molecule has 1 aliphatic heterocycles. The highest BCUT2D eigenvalue weighted by atomic mass is 35.5. The van der Waals surface area contributed by atoms with Crippen LogP contribution in [0, 0.1) is 6.92 Å². The van der Waals surface area contributed by atoms with Crippen molar-refractivity contribution < 1.29 is 4.55 Å². The van der Waals surface area contributed by atoms with Gasteiger partial charge in [0.1, 0.15) is 21.9 Å². The quantitative estimate of drug-likeness (QED) is 0.345. The van der Waals surface area contributed by atoms with Crippen molar-refractivity contribution in [3.63, 3.8) is 0 Å². The molecule has 0 bridgehead atoms. The normalized spacial score (nSPS) is 14.8. The molecule has 3 aromatic rings. The van der Waals surface area contributed by atoms with E-state index in [1.165, 1.54) is 0 Å². The van der Waals surface area contributed by atoms with E-state index in [9.17, 15) is 9.35 Å². The fraction of sp³-hybridized carbons (Fsp3) is 0.318. The van der Waals surface area contributed by atoms with Crippen LogP contribution in [0.3, 0.4) is 0 Å². The Morgan fingerprint density at radius 3 is 2.69 bits per heavy atom. The minimum Gasteiger partial charge on any atom is -0.591 e. The number of hydrogen-bond donors (Lipinski definition) is 0. The van der Waals surface area contributed by atoms with Crippen LogP contribution in [0.2, 0.25) is 5.02 Å². The third kappa shape index (κ3) is 3.50. The summed E-state index contributed by atoms with van der Waals surface area (Å²) in [6.45, 7) is 9.87. The monoisotopic (exact) mass is 427 g/mol. The van der Waals surface area contributed by atoms with Crippen molar-refractivity contribution in [3.05, 3.63) is 62.4 Å². The maximum Gasteiger partial charge on any atom is 0.261 e. The Morgan fingerprint density at radius 2 is 2.00 bits per heavy atom. The lowest BCUT2D eigenvalue weighted by molar-refractivity contribution is 0.561. The average molecular weight is 428 g/mol. The van der Waals surface area contributed by atoms with Gasteiger partial charge in [0.25, 0.3) is 5.56 Å². The molecule has 0 spiro atoms. The largest absolute Gasteiger partial charge is 0.591 e. The Balaban J connectivity index is 1.99. The molecule has 0 N–H and O–H groups in total. The first-order valence-electron chi connectivity index (χ1n) is 9.38. The smallest absolute Gasteiger partial charge is 0.261 e. The molecular weight excluding hydrogens is 406 g/mol. The van der Waals surface area contributed by atoms with E-state index in [1.807, 2.05) is 65.0 Å². The molecule has 2 aromatic carbocycles. The maximum absolute atomic E-state index is 13.3. The molecule has 0 aliphatic carbocycles. The van der Waals surface area contributed by atoms with Gasteiger partial charge in [0, 0.05) is 16.1 Å². The number of hydrogen-bond acceptors (Lipinski definition) is 4. The fourth-order valence-electron chi connectivity index (χ4n) is 3.47. The van der Waals surface area contributed by atoms with E-state index in [-0.39, 0.29) is 5.56 Å². The van der Waals surface area contributed by atoms with Crippen molar-refractivity contribution in [2.24, 2.45) is 4.40 Å². The summed E-state index contributed by atoms with van der Waals surface area (Å²) in [5.74, 6) is 0.606. The van der Waals surface area contributed by atoms with Gasteiger partial charge in [-0.2, -0.15) is 0 Å². The molecule has 0 saturated carbocycles. The summed E-state index contributed by atoms with van der Waals surface area (Å²) in [4.78, 5) is 18.1. The molecular formula is C22H22ClN3O2S. The van der Waals surface area contributed by atoms with Crippen LogP contribution >= 0.6 is 11.6 Å². The first-order valence-corrected chi connectivity index (χ1v) is 10.9. The summed E-state index contributed by atoms with van der Waals surface area (Å²) in [7, 11) is 0. The molecule has 29 heavy (non-hydrogen) atoms. The number of aromatic nitrogens is 2. The van der Waals surface area contributed by atoms with E-state index < -0.39 is 16.1 Å². The summed E-state index contributed by atoms with van der Waals surface area (Å²) in [5.41, 5.74) is 4.64. The molecule has 150 valence electrons. The SMILES string of the molecule is CC(=N[S+]([O-])C(C)(C)C)c1cc(C)cc2c(=O)n3c(nc12)-c1cc(Cl)ccc1C3. The van der Waals surface area contributed by atoms with E-state index >= 15 is 0 Å². The minimum absolute atomic E-state index is 0.0907. The molecule has 5 nitrogen and oxygen atoms in total. The second kappa shape index (κ2) is 6.97. The van der Waals surface area contributed by atoms with Crippen LogP contribution in [-0.4, -0.2) is 24.6 Å². The van der Waals surface area contributed by atoms with Crippen molar-refractivity contribution in [3.8, 4) is 11.4 Å². The van der Waals surface area contributed by atoms with E-state index in [0.717, 1.165) is 22.3 Å². The number of nitrogens with zero attached hydrogens (tertiary/aromatic N) is 3. The Hall–Kier alpha value is -2.15. The zero-order valence-electron chi connectivity index (χ0n) is 17.0. The summed E-state index contributed by atoms with van der Waals surface area (Å²) >= 11 is 4.78. The van der Waals surface area contributed by atoms with Crippen molar-refractivity contribution in [2.75, 3.05) is 0 Å². The summed E-state index contributed by atoms with van der Waals surface area (Å²) < 4.78 is 18.2. The molecule has 1 aromatic heterocycles. The second-order valence-electron chi connectivity index (χ2n) is 8.38. The fourth-order valence-corrected chi connectivity index (χ4v) is 4.27. The molecule has 0 radical (unpaired) electrons. The summed E-state index contributed by atoms with van der Waals surface area (Å²) in [6, 6.07) is 9.40.